The third-order valence-electron chi connectivity index (χ3n) is 2.89. The number of ether oxygens (including phenoxy) is 1. The summed E-state index contributed by atoms with van der Waals surface area (Å²) in [6.07, 6.45) is 0.859. The van der Waals surface area contributed by atoms with Gasteiger partial charge in [-0.05, 0) is 48.0 Å². The third kappa shape index (κ3) is 6.76. The van der Waals surface area contributed by atoms with Crippen LogP contribution in [0.4, 0.5) is 0 Å². The summed E-state index contributed by atoms with van der Waals surface area (Å²) < 4.78 is 5.79. The Morgan fingerprint density at radius 3 is 2.29 bits per heavy atom. The van der Waals surface area contributed by atoms with Crippen molar-refractivity contribution in [1.29, 1.82) is 0 Å². The Morgan fingerprint density at radius 2 is 1.88 bits per heavy atom. The molecule has 17 heavy (non-hydrogen) atoms. The molecule has 102 valence electrons. The van der Waals surface area contributed by atoms with E-state index in [1.54, 1.807) is 6.92 Å². The first-order chi connectivity index (χ1) is 7.60. The molecule has 0 aliphatic carbocycles. The van der Waals surface area contributed by atoms with Gasteiger partial charge in [-0.25, -0.2) is 0 Å². The molecule has 4 nitrogen and oxygen atoms in total. The number of hydrogen-bond donors (Lipinski definition) is 2. The molecule has 0 rings (SSSR count). The van der Waals surface area contributed by atoms with Crippen molar-refractivity contribution in [2.75, 3.05) is 13.1 Å². The van der Waals surface area contributed by atoms with Crippen molar-refractivity contribution in [1.82, 2.24) is 5.32 Å². The molecule has 4 heteroatoms. The summed E-state index contributed by atoms with van der Waals surface area (Å²) in [5.41, 5.74) is 4.73. The summed E-state index contributed by atoms with van der Waals surface area (Å²) in [4.78, 5) is 11.4. The molecule has 1 atom stereocenters. The number of nitrogens with one attached hydrogen (secondary N) is 1. The standard InChI is InChI=1S/C13H28N2O2/c1-10(17-13(5,6)11(2)16)9-12(3,4)15-8-7-14/h10,15H,7-9,14H2,1-6H3. The second-order valence-electron chi connectivity index (χ2n) is 5.80. The van der Waals surface area contributed by atoms with Crippen LogP contribution in [0.2, 0.25) is 0 Å². The molecule has 0 aromatic heterocycles. The van der Waals surface area contributed by atoms with Crippen LogP contribution in [-0.2, 0) is 9.53 Å². The fourth-order valence-electron chi connectivity index (χ4n) is 1.83. The first kappa shape index (κ1) is 16.6. The molecule has 0 fully saturated rings. The summed E-state index contributed by atoms with van der Waals surface area (Å²) >= 11 is 0. The largest absolute Gasteiger partial charge is 0.365 e. The second-order valence-corrected chi connectivity index (χ2v) is 5.80. The van der Waals surface area contributed by atoms with Gasteiger partial charge in [-0.3, -0.25) is 4.79 Å². The number of ketones is 1. The number of nitrogens with two attached hydrogens (primary N) is 1. The fourth-order valence-corrected chi connectivity index (χ4v) is 1.83. The molecule has 0 saturated heterocycles. The van der Waals surface area contributed by atoms with Crippen molar-refractivity contribution in [3.8, 4) is 0 Å². The molecule has 0 amide bonds. The number of hydrogen-bond acceptors (Lipinski definition) is 4. The Hall–Kier alpha value is -0.450. The Morgan fingerprint density at radius 1 is 1.35 bits per heavy atom. The van der Waals surface area contributed by atoms with Crippen LogP contribution >= 0.6 is 0 Å². The third-order valence-corrected chi connectivity index (χ3v) is 2.89. The van der Waals surface area contributed by atoms with Crippen LogP contribution in [0.15, 0.2) is 0 Å². The summed E-state index contributed by atoms with van der Waals surface area (Å²) in [7, 11) is 0. The SMILES string of the molecule is CC(=O)C(C)(C)OC(C)CC(C)(C)NCCN. The highest BCUT2D eigenvalue weighted by Gasteiger charge is 2.29. The highest BCUT2D eigenvalue weighted by Crippen LogP contribution is 2.20. The van der Waals surface area contributed by atoms with Crippen LogP contribution in [0.1, 0.15) is 48.0 Å². The maximum atomic E-state index is 11.4. The van der Waals surface area contributed by atoms with E-state index in [9.17, 15) is 4.79 Å². The van der Waals surface area contributed by atoms with Gasteiger partial charge in [0.1, 0.15) is 5.60 Å². The summed E-state index contributed by atoms with van der Waals surface area (Å²) in [6.45, 7) is 12.8. The lowest BCUT2D eigenvalue weighted by Crippen LogP contribution is -2.46. The minimum atomic E-state index is -0.705. The number of carbonyl (C=O) groups is 1. The van der Waals surface area contributed by atoms with Gasteiger partial charge in [-0.1, -0.05) is 0 Å². The molecule has 0 aliphatic heterocycles. The average molecular weight is 244 g/mol. The molecular formula is C13H28N2O2. The molecule has 0 aromatic carbocycles. The van der Waals surface area contributed by atoms with E-state index in [2.05, 4.69) is 19.2 Å². The van der Waals surface area contributed by atoms with Crippen LogP contribution in [0.3, 0.4) is 0 Å². The number of rotatable bonds is 8. The van der Waals surface area contributed by atoms with Gasteiger partial charge < -0.3 is 15.8 Å². The normalized spacial score (nSPS) is 14.8. The van der Waals surface area contributed by atoms with Crippen LogP contribution in [-0.4, -0.2) is 36.1 Å². The zero-order valence-corrected chi connectivity index (χ0v) is 12.1. The predicted molar refractivity (Wildman–Crippen MR) is 71.1 cm³/mol. The van der Waals surface area contributed by atoms with Crippen molar-refractivity contribution in [3.63, 3.8) is 0 Å². The minimum absolute atomic E-state index is 0.0224. The predicted octanol–water partition coefficient (Wildman–Crippen LogP) is 1.48. The van der Waals surface area contributed by atoms with E-state index in [4.69, 9.17) is 10.5 Å². The van der Waals surface area contributed by atoms with Gasteiger partial charge in [0, 0.05) is 18.6 Å². The van der Waals surface area contributed by atoms with Gasteiger partial charge in [-0.15, -0.1) is 0 Å². The molecule has 0 aromatic rings. The Bertz CT molecular complexity index is 250. The highest BCUT2D eigenvalue weighted by atomic mass is 16.5. The lowest BCUT2D eigenvalue weighted by Gasteiger charge is -2.33. The van der Waals surface area contributed by atoms with E-state index in [1.807, 2.05) is 20.8 Å². The summed E-state index contributed by atoms with van der Waals surface area (Å²) in [6, 6.07) is 0. The van der Waals surface area contributed by atoms with E-state index in [1.165, 1.54) is 0 Å². The van der Waals surface area contributed by atoms with Gasteiger partial charge in [0.15, 0.2) is 5.78 Å². The maximum absolute atomic E-state index is 11.4. The number of carbonyl (C=O) groups excluding carboxylic acids is 1. The van der Waals surface area contributed by atoms with Crippen molar-refractivity contribution < 1.29 is 9.53 Å². The fraction of sp³-hybridized carbons (Fsp3) is 0.923. The first-order valence-corrected chi connectivity index (χ1v) is 6.24. The number of Topliss-reactive ketones (excluding diaryl/α,β-unsaturated/α-hetero) is 1. The molecule has 1 unspecified atom stereocenters. The van der Waals surface area contributed by atoms with Crippen LogP contribution in [0, 0.1) is 0 Å². The monoisotopic (exact) mass is 244 g/mol. The van der Waals surface area contributed by atoms with Crippen molar-refractivity contribution in [3.05, 3.63) is 0 Å². The van der Waals surface area contributed by atoms with Gasteiger partial charge in [-0.2, -0.15) is 0 Å². The van der Waals surface area contributed by atoms with Crippen molar-refractivity contribution in [2.45, 2.75) is 65.2 Å². The quantitative estimate of drug-likeness (QED) is 0.679. The van der Waals surface area contributed by atoms with E-state index in [0.29, 0.717) is 6.54 Å². The Labute approximate surface area is 105 Å². The molecule has 0 heterocycles. The zero-order valence-electron chi connectivity index (χ0n) is 12.1. The highest BCUT2D eigenvalue weighted by molar-refractivity contribution is 5.83. The van der Waals surface area contributed by atoms with Crippen LogP contribution < -0.4 is 11.1 Å². The zero-order chi connectivity index (χ0) is 13.7. The van der Waals surface area contributed by atoms with E-state index < -0.39 is 5.60 Å². The van der Waals surface area contributed by atoms with E-state index >= 15 is 0 Å². The lowest BCUT2D eigenvalue weighted by molar-refractivity contribution is -0.145. The molecule has 0 saturated carbocycles. The van der Waals surface area contributed by atoms with Gasteiger partial charge in [0.25, 0.3) is 0 Å². The van der Waals surface area contributed by atoms with E-state index in [0.717, 1.165) is 13.0 Å². The lowest BCUT2D eigenvalue weighted by atomic mass is 9.96. The van der Waals surface area contributed by atoms with Gasteiger partial charge in [0.05, 0.1) is 6.10 Å². The molecule has 0 spiro atoms. The van der Waals surface area contributed by atoms with Gasteiger partial charge >= 0.3 is 0 Å². The first-order valence-electron chi connectivity index (χ1n) is 6.24. The molecular weight excluding hydrogens is 216 g/mol. The summed E-state index contributed by atoms with van der Waals surface area (Å²) in [5.74, 6) is 0.0528. The van der Waals surface area contributed by atoms with Crippen molar-refractivity contribution >= 4 is 5.78 Å². The average Bonchev–Trinajstić information content (AvgIpc) is 2.12. The second kappa shape index (κ2) is 6.47. The molecule has 0 aliphatic rings. The minimum Gasteiger partial charge on any atom is -0.365 e. The maximum Gasteiger partial charge on any atom is 0.160 e. The topological polar surface area (TPSA) is 64.3 Å². The van der Waals surface area contributed by atoms with Crippen LogP contribution in [0.25, 0.3) is 0 Å². The van der Waals surface area contributed by atoms with Crippen LogP contribution in [0.5, 0.6) is 0 Å². The Balaban J connectivity index is 4.25. The van der Waals surface area contributed by atoms with Crippen molar-refractivity contribution in [2.24, 2.45) is 5.73 Å². The molecule has 0 bridgehead atoms. The smallest absolute Gasteiger partial charge is 0.160 e. The Kier molecular flexibility index (Phi) is 6.30. The summed E-state index contributed by atoms with van der Waals surface area (Å²) in [5, 5.41) is 3.36. The van der Waals surface area contributed by atoms with E-state index in [-0.39, 0.29) is 17.4 Å². The molecule has 0 radical (unpaired) electrons. The molecule has 3 N–H and O–H groups in total. The van der Waals surface area contributed by atoms with Gasteiger partial charge in [0.2, 0.25) is 0 Å².